The number of carboxylic acids is 1. The summed E-state index contributed by atoms with van der Waals surface area (Å²) in [6.07, 6.45) is 8.04. The third-order valence-corrected chi connectivity index (χ3v) is 4.19. The van der Waals surface area contributed by atoms with E-state index in [-0.39, 0.29) is 30.5 Å². The van der Waals surface area contributed by atoms with Crippen LogP contribution in [0.15, 0.2) is 18.3 Å². The molecule has 0 saturated heterocycles. The van der Waals surface area contributed by atoms with Gasteiger partial charge in [0.15, 0.2) is 17.1 Å². The Morgan fingerprint density at radius 1 is 1.35 bits per heavy atom. The topological polar surface area (TPSA) is 63.8 Å². The second-order valence-corrected chi connectivity index (χ2v) is 5.73. The Balaban J connectivity index is 0.00000132. The Kier molecular flexibility index (Phi) is 7.16. The van der Waals surface area contributed by atoms with Crippen molar-refractivity contribution in [3.05, 3.63) is 29.7 Å². The van der Waals surface area contributed by atoms with Crippen LogP contribution < -0.4 is 4.74 Å². The predicted molar refractivity (Wildman–Crippen MR) is 93.5 cm³/mol. The maximum absolute atomic E-state index is 11.3. The molecule has 1 fully saturated rings. The number of fused-ring (bicyclic) bond motifs is 1. The van der Waals surface area contributed by atoms with Crippen LogP contribution in [0.3, 0.4) is 0 Å². The van der Waals surface area contributed by atoms with Gasteiger partial charge in [0.05, 0.1) is 12.3 Å². The number of aryl methyl sites for hydroxylation is 1. The standard InChI is InChI=1S/C16H20N2O3.2ClH/c1-11-14(16(19)20)18-9-5-8-13(15(18)17-11)21-10-12-6-3-2-4-7-12;;/h5,8-9,12H,2-4,6-7,10H2,1H3,(H,19,20);2*1H. The third-order valence-electron chi connectivity index (χ3n) is 4.19. The van der Waals surface area contributed by atoms with E-state index in [2.05, 4.69) is 4.98 Å². The van der Waals surface area contributed by atoms with Crippen molar-refractivity contribution in [3.63, 3.8) is 0 Å². The number of halogens is 2. The fourth-order valence-corrected chi connectivity index (χ4v) is 3.09. The van der Waals surface area contributed by atoms with E-state index in [1.54, 1.807) is 23.6 Å². The molecular formula is C16H22Cl2N2O3. The largest absolute Gasteiger partial charge is 0.489 e. The summed E-state index contributed by atoms with van der Waals surface area (Å²) in [4.78, 5) is 15.7. The SMILES string of the molecule is Cc1nc2c(OCC3CCCCC3)cccn2c1C(=O)O.Cl.Cl. The van der Waals surface area contributed by atoms with Crippen molar-refractivity contribution < 1.29 is 14.6 Å². The fourth-order valence-electron chi connectivity index (χ4n) is 3.09. The zero-order chi connectivity index (χ0) is 14.8. The van der Waals surface area contributed by atoms with Crippen LogP contribution in [0.1, 0.15) is 48.3 Å². The molecule has 0 aliphatic heterocycles. The minimum absolute atomic E-state index is 0. The van der Waals surface area contributed by atoms with E-state index in [9.17, 15) is 9.90 Å². The van der Waals surface area contributed by atoms with Crippen LogP contribution in [0.4, 0.5) is 0 Å². The molecule has 0 radical (unpaired) electrons. The van der Waals surface area contributed by atoms with E-state index in [0.717, 1.165) is 0 Å². The monoisotopic (exact) mass is 360 g/mol. The lowest BCUT2D eigenvalue weighted by atomic mass is 9.90. The number of pyridine rings is 1. The van der Waals surface area contributed by atoms with E-state index < -0.39 is 5.97 Å². The summed E-state index contributed by atoms with van der Waals surface area (Å²) >= 11 is 0. The highest BCUT2D eigenvalue weighted by atomic mass is 35.5. The molecule has 5 nitrogen and oxygen atoms in total. The second-order valence-electron chi connectivity index (χ2n) is 5.73. The summed E-state index contributed by atoms with van der Waals surface area (Å²) in [5.74, 6) is 0.303. The van der Waals surface area contributed by atoms with E-state index >= 15 is 0 Å². The summed E-state index contributed by atoms with van der Waals surface area (Å²) in [6, 6.07) is 3.66. The summed E-state index contributed by atoms with van der Waals surface area (Å²) in [6.45, 7) is 2.40. The number of imidazole rings is 1. The Morgan fingerprint density at radius 3 is 2.70 bits per heavy atom. The molecule has 0 bridgehead atoms. The molecule has 0 amide bonds. The molecule has 0 atom stereocenters. The first-order valence-electron chi connectivity index (χ1n) is 7.50. The molecule has 0 spiro atoms. The molecule has 1 aliphatic rings. The Hall–Kier alpha value is -1.46. The van der Waals surface area contributed by atoms with Crippen molar-refractivity contribution in [3.8, 4) is 5.75 Å². The van der Waals surface area contributed by atoms with Gasteiger partial charge in [-0.1, -0.05) is 19.3 Å². The molecule has 2 heterocycles. The lowest BCUT2D eigenvalue weighted by Crippen LogP contribution is -2.15. The molecule has 2 aromatic heterocycles. The van der Waals surface area contributed by atoms with Gasteiger partial charge in [-0.15, -0.1) is 24.8 Å². The Labute approximate surface area is 147 Å². The van der Waals surface area contributed by atoms with Gasteiger partial charge in [0.2, 0.25) is 0 Å². The number of hydrogen-bond acceptors (Lipinski definition) is 3. The zero-order valence-electron chi connectivity index (χ0n) is 13.0. The van der Waals surface area contributed by atoms with E-state index in [4.69, 9.17) is 4.74 Å². The Morgan fingerprint density at radius 2 is 2.04 bits per heavy atom. The summed E-state index contributed by atoms with van der Waals surface area (Å²) in [7, 11) is 0. The molecule has 1 saturated carbocycles. The number of carboxylic acid groups (broad SMARTS) is 1. The van der Waals surface area contributed by atoms with Gasteiger partial charge in [0, 0.05) is 6.20 Å². The zero-order valence-corrected chi connectivity index (χ0v) is 14.7. The van der Waals surface area contributed by atoms with Gasteiger partial charge in [-0.3, -0.25) is 4.40 Å². The summed E-state index contributed by atoms with van der Waals surface area (Å²) < 4.78 is 7.52. The van der Waals surface area contributed by atoms with E-state index in [1.807, 2.05) is 6.07 Å². The van der Waals surface area contributed by atoms with Gasteiger partial charge in [0.1, 0.15) is 0 Å². The predicted octanol–water partition coefficient (Wildman–Crippen LogP) is 4.14. The molecule has 23 heavy (non-hydrogen) atoms. The Bertz CT molecular complexity index is 667. The van der Waals surface area contributed by atoms with Gasteiger partial charge in [-0.25, -0.2) is 9.78 Å². The van der Waals surface area contributed by atoms with Crippen LogP contribution in [-0.4, -0.2) is 27.1 Å². The van der Waals surface area contributed by atoms with E-state index in [1.165, 1.54) is 32.1 Å². The minimum Gasteiger partial charge on any atom is -0.489 e. The first kappa shape index (κ1) is 19.6. The van der Waals surface area contributed by atoms with Crippen molar-refractivity contribution in [1.82, 2.24) is 9.38 Å². The fraction of sp³-hybridized carbons (Fsp3) is 0.500. The van der Waals surface area contributed by atoms with Gasteiger partial charge in [-0.05, 0) is 37.8 Å². The summed E-state index contributed by atoms with van der Waals surface area (Å²) in [5, 5.41) is 9.28. The maximum Gasteiger partial charge on any atom is 0.354 e. The maximum atomic E-state index is 11.3. The normalized spacial score (nSPS) is 14.8. The average molecular weight is 361 g/mol. The van der Waals surface area contributed by atoms with Crippen LogP contribution >= 0.6 is 24.8 Å². The third kappa shape index (κ3) is 4.09. The van der Waals surface area contributed by atoms with Gasteiger partial charge in [-0.2, -0.15) is 0 Å². The van der Waals surface area contributed by atoms with Crippen molar-refractivity contribution in [1.29, 1.82) is 0 Å². The molecule has 0 unspecified atom stereocenters. The number of rotatable bonds is 4. The van der Waals surface area contributed by atoms with Crippen LogP contribution in [-0.2, 0) is 0 Å². The lowest BCUT2D eigenvalue weighted by Gasteiger charge is -2.21. The van der Waals surface area contributed by atoms with Gasteiger partial charge in [0.25, 0.3) is 0 Å². The van der Waals surface area contributed by atoms with Crippen molar-refractivity contribution in [2.75, 3.05) is 6.61 Å². The number of carbonyl (C=O) groups is 1. The van der Waals surface area contributed by atoms with Crippen LogP contribution in [0, 0.1) is 12.8 Å². The quantitative estimate of drug-likeness (QED) is 0.889. The van der Waals surface area contributed by atoms with Crippen molar-refractivity contribution >= 4 is 36.4 Å². The van der Waals surface area contributed by atoms with Crippen LogP contribution in [0.25, 0.3) is 5.65 Å². The molecule has 1 aliphatic carbocycles. The van der Waals surface area contributed by atoms with Gasteiger partial charge >= 0.3 is 5.97 Å². The average Bonchev–Trinajstić information content (AvgIpc) is 2.82. The summed E-state index contributed by atoms with van der Waals surface area (Å²) in [5.41, 5.74) is 1.30. The van der Waals surface area contributed by atoms with Crippen molar-refractivity contribution in [2.45, 2.75) is 39.0 Å². The highest BCUT2D eigenvalue weighted by molar-refractivity contribution is 5.88. The van der Waals surface area contributed by atoms with Crippen LogP contribution in [0.5, 0.6) is 5.75 Å². The number of ether oxygens (including phenoxy) is 1. The molecule has 0 aromatic carbocycles. The second kappa shape index (κ2) is 8.41. The number of aromatic nitrogens is 2. The molecule has 7 heteroatoms. The lowest BCUT2D eigenvalue weighted by molar-refractivity contribution is 0.0688. The smallest absolute Gasteiger partial charge is 0.354 e. The molecule has 128 valence electrons. The first-order valence-corrected chi connectivity index (χ1v) is 7.50. The number of hydrogen-bond donors (Lipinski definition) is 1. The van der Waals surface area contributed by atoms with E-state index in [0.29, 0.717) is 29.6 Å². The highest BCUT2D eigenvalue weighted by Gasteiger charge is 2.19. The van der Waals surface area contributed by atoms with Crippen molar-refractivity contribution in [2.24, 2.45) is 5.92 Å². The first-order chi connectivity index (χ1) is 10.2. The minimum atomic E-state index is -0.968. The molecule has 1 N–H and O–H groups in total. The molecular weight excluding hydrogens is 339 g/mol. The highest BCUT2D eigenvalue weighted by Crippen LogP contribution is 2.27. The van der Waals surface area contributed by atoms with Gasteiger partial charge < -0.3 is 9.84 Å². The molecule has 3 rings (SSSR count). The number of aromatic carboxylic acids is 1. The van der Waals surface area contributed by atoms with Crippen LogP contribution in [0.2, 0.25) is 0 Å². The molecule has 2 aromatic rings. The number of nitrogens with zero attached hydrogens (tertiary/aromatic N) is 2.